The number of aromatic nitrogens is 2. The van der Waals surface area contributed by atoms with Gasteiger partial charge in [-0.25, -0.2) is 9.97 Å². The first-order valence-electron chi connectivity index (χ1n) is 7.74. The topological polar surface area (TPSA) is 46.1 Å². The highest BCUT2D eigenvalue weighted by atomic mass is 32.1. The maximum atomic E-state index is 12.7. The van der Waals surface area contributed by atoms with E-state index in [9.17, 15) is 4.79 Å². The van der Waals surface area contributed by atoms with E-state index in [0.717, 1.165) is 41.4 Å². The first-order valence-corrected chi connectivity index (χ1v) is 9.43. The van der Waals surface area contributed by atoms with Crippen molar-refractivity contribution in [2.75, 3.05) is 13.6 Å². The van der Waals surface area contributed by atoms with Crippen LogP contribution < -0.4 is 0 Å². The first-order chi connectivity index (χ1) is 10.6. The van der Waals surface area contributed by atoms with E-state index in [1.165, 1.54) is 28.3 Å². The molecule has 3 rings (SSSR count). The molecule has 1 aliphatic carbocycles. The second kappa shape index (κ2) is 6.46. The van der Waals surface area contributed by atoms with Gasteiger partial charge >= 0.3 is 0 Å². The van der Waals surface area contributed by atoms with Crippen LogP contribution in [0.1, 0.15) is 56.6 Å². The highest BCUT2D eigenvalue weighted by molar-refractivity contribution is 7.12. The number of hydrogen-bond acceptors (Lipinski definition) is 5. The van der Waals surface area contributed by atoms with Gasteiger partial charge in [-0.05, 0) is 32.6 Å². The Kier molecular flexibility index (Phi) is 4.59. The summed E-state index contributed by atoms with van der Waals surface area (Å²) in [5, 5.41) is 1.14. The van der Waals surface area contributed by atoms with E-state index < -0.39 is 0 Å². The van der Waals surface area contributed by atoms with Crippen molar-refractivity contribution in [3.63, 3.8) is 0 Å². The largest absolute Gasteiger partial charge is 0.340 e. The number of likely N-dealkylation sites (N-methyl/N-ethyl adjacent to an activating group) is 1. The van der Waals surface area contributed by atoms with E-state index in [2.05, 4.69) is 11.9 Å². The monoisotopic (exact) mass is 335 g/mol. The lowest BCUT2D eigenvalue weighted by molar-refractivity contribution is 0.0786. The van der Waals surface area contributed by atoms with Crippen molar-refractivity contribution in [1.82, 2.24) is 14.9 Å². The highest BCUT2D eigenvalue weighted by Crippen LogP contribution is 2.35. The minimum Gasteiger partial charge on any atom is -0.340 e. The van der Waals surface area contributed by atoms with Crippen LogP contribution in [0, 0.1) is 6.92 Å². The molecular formula is C16H21N3OS2. The molecule has 0 saturated heterocycles. The quantitative estimate of drug-likeness (QED) is 0.856. The summed E-state index contributed by atoms with van der Waals surface area (Å²) >= 11 is 3.26. The summed E-state index contributed by atoms with van der Waals surface area (Å²) in [7, 11) is 1.90. The summed E-state index contributed by atoms with van der Waals surface area (Å²) in [5.74, 6) is 0.471. The van der Waals surface area contributed by atoms with Crippen molar-refractivity contribution >= 4 is 28.6 Å². The molecule has 0 fully saturated rings. The Labute approximate surface area is 139 Å². The molecule has 0 aromatic carbocycles. The lowest BCUT2D eigenvalue weighted by Gasteiger charge is -2.26. The van der Waals surface area contributed by atoms with Crippen LogP contribution in [0.3, 0.4) is 0 Å². The van der Waals surface area contributed by atoms with Gasteiger partial charge < -0.3 is 4.90 Å². The van der Waals surface area contributed by atoms with Crippen molar-refractivity contribution in [2.24, 2.45) is 0 Å². The molecule has 2 aromatic heterocycles. The van der Waals surface area contributed by atoms with Gasteiger partial charge in [0.1, 0.15) is 4.88 Å². The van der Waals surface area contributed by atoms with Gasteiger partial charge in [-0.1, -0.05) is 6.92 Å². The van der Waals surface area contributed by atoms with Crippen molar-refractivity contribution in [1.29, 1.82) is 0 Å². The van der Waals surface area contributed by atoms with Crippen LogP contribution in [0.15, 0.2) is 5.51 Å². The Hall–Kier alpha value is -1.27. The molecule has 2 aromatic rings. The molecule has 0 N–H and O–H groups in total. The lowest BCUT2D eigenvalue weighted by atomic mass is 9.90. The Morgan fingerprint density at radius 2 is 2.32 bits per heavy atom. The van der Waals surface area contributed by atoms with Gasteiger partial charge in [-0.3, -0.25) is 4.79 Å². The van der Waals surface area contributed by atoms with E-state index in [-0.39, 0.29) is 5.91 Å². The fraction of sp³-hybridized carbons (Fsp3) is 0.562. The van der Waals surface area contributed by atoms with Gasteiger partial charge in [-0.15, -0.1) is 22.7 Å². The number of thiazole rings is 2. The van der Waals surface area contributed by atoms with E-state index in [1.807, 2.05) is 30.2 Å². The Balaban J connectivity index is 1.75. The number of carbonyl (C=O) groups is 1. The highest BCUT2D eigenvalue weighted by Gasteiger charge is 2.27. The summed E-state index contributed by atoms with van der Waals surface area (Å²) < 4.78 is 0. The minimum atomic E-state index is 0.0958. The van der Waals surface area contributed by atoms with Gasteiger partial charge in [0.2, 0.25) is 0 Å². The molecule has 4 nitrogen and oxygen atoms in total. The third kappa shape index (κ3) is 2.94. The number of carbonyl (C=O) groups excluding carboxylic acids is 1. The average Bonchev–Trinajstić information content (AvgIpc) is 3.11. The molecule has 1 amide bonds. The minimum absolute atomic E-state index is 0.0958. The molecule has 0 radical (unpaired) electrons. The molecule has 22 heavy (non-hydrogen) atoms. The van der Waals surface area contributed by atoms with Gasteiger partial charge in [-0.2, -0.15) is 0 Å². The summed E-state index contributed by atoms with van der Waals surface area (Å²) in [5.41, 5.74) is 3.91. The molecule has 0 bridgehead atoms. The van der Waals surface area contributed by atoms with Crippen LogP contribution in [0.2, 0.25) is 0 Å². The summed E-state index contributed by atoms with van der Waals surface area (Å²) in [6.45, 7) is 4.85. The average molecular weight is 335 g/mol. The van der Waals surface area contributed by atoms with Crippen LogP contribution in [-0.4, -0.2) is 34.4 Å². The molecular weight excluding hydrogens is 314 g/mol. The molecule has 0 saturated carbocycles. The van der Waals surface area contributed by atoms with Crippen molar-refractivity contribution in [3.05, 3.63) is 31.7 Å². The van der Waals surface area contributed by atoms with E-state index >= 15 is 0 Å². The zero-order valence-electron chi connectivity index (χ0n) is 13.3. The van der Waals surface area contributed by atoms with Crippen LogP contribution in [0.5, 0.6) is 0 Å². The van der Waals surface area contributed by atoms with Crippen molar-refractivity contribution in [2.45, 2.75) is 45.4 Å². The van der Waals surface area contributed by atoms with Gasteiger partial charge in [0, 0.05) is 24.4 Å². The SMILES string of the molecule is CCc1ncsc1C(=O)N(C)C[C@@H]1CCCc2sc(C)nc21. The van der Waals surface area contributed by atoms with Crippen molar-refractivity contribution in [3.8, 4) is 0 Å². The molecule has 1 atom stereocenters. The van der Waals surface area contributed by atoms with E-state index in [0.29, 0.717) is 5.92 Å². The van der Waals surface area contributed by atoms with E-state index in [1.54, 1.807) is 5.51 Å². The second-order valence-corrected chi connectivity index (χ2v) is 7.94. The smallest absolute Gasteiger partial charge is 0.265 e. The van der Waals surface area contributed by atoms with Gasteiger partial charge in [0.25, 0.3) is 5.91 Å². The predicted octanol–water partition coefficient (Wildman–Crippen LogP) is 3.66. The number of rotatable bonds is 4. The molecule has 6 heteroatoms. The third-order valence-corrected chi connectivity index (χ3v) is 6.09. The molecule has 0 unspecified atom stereocenters. The van der Waals surface area contributed by atoms with E-state index in [4.69, 9.17) is 4.98 Å². The van der Waals surface area contributed by atoms with Crippen LogP contribution >= 0.6 is 22.7 Å². The summed E-state index contributed by atoms with van der Waals surface area (Å²) in [4.78, 5) is 25.7. The third-order valence-electron chi connectivity index (χ3n) is 4.19. The summed E-state index contributed by atoms with van der Waals surface area (Å²) in [6.07, 6.45) is 4.26. The van der Waals surface area contributed by atoms with Crippen LogP contribution in [0.25, 0.3) is 0 Å². The predicted molar refractivity (Wildman–Crippen MR) is 91.0 cm³/mol. The standard InChI is InChI=1S/C16H21N3OS2/c1-4-12-15(21-9-17-12)16(20)19(3)8-11-6-5-7-13-14(11)18-10(2)22-13/h9,11H,4-8H2,1-3H3/t11-/m0/s1. The zero-order chi connectivity index (χ0) is 15.7. The maximum Gasteiger partial charge on any atom is 0.265 e. The molecule has 118 valence electrons. The number of hydrogen-bond donors (Lipinski definition) is 0. The Morgan fingerprint density at radius 3 is 3.09 bits per heavy atom. The van der Waals surface area contributed by atoms with Crippen LogP contribution in [0.4, 0.5) is 0 Å². The van der Waals surface area contributed by atoms with Crippen LogP contribution in [-0.2, 0) is 12.8 Å². The fourth-order valence-electron chi connectivity index (χ4n) is 3.09. The first kappa shape index (κ1) is 15.6. The molecule has 0 spiro atoms. The molecule has 1 aliphatic rings. The molecule has 2 heterocycles. The number of aryl methyl sites for hydroxylation is 3. The Bertz CT molecular complexity index is 677. The Morgan fingerprint density at radius 1 is 1.50 bits per heavy atom. The van der Waals surface area contributed by atoms with Gasteiger partial charge in [0.05, 0.1) is 21.9 Å². The number of fused-ring (bicyclic) bond motifs is 1. The zero-order valence-corrected chi connectivity index (χ0v) is 14.9. The number of nitrogens with zero attached hydrogens (tertiary/aromatic N) is 3. The van der Waals surface area contributed by atoms with Crippen molar-refractivity contribution < 1.29 is 4.79 Å². The normalized spacial score (nSPS) is 17.3. The fourth-order valence-corrected chi connectivity index (χ4v) is 5.03. The van der Waals surface area contributed by atoms with Gasteiger partial charge in [0.15, 0.2) is 0 Å². The number of amides is 1. The maximum absolute atomic E-state index is 12.7. The summed E-state index contributed by atoms with van der Waals surface area (Å²) in [6, 6.07) is 0. The lowest BCUT2D eigenvalue weighted by Crippen LogP contribution is -2.32. The second-order valence-electron chi connectivity index (χ2n) is 5.80. The molecule has 0 aliphatic heterocycles.